The van der Waals surface area contributed by atoms with E-state index in [-0.39, 0.29) is 0 Å². The fourth-order valence-corrected chi connectivity index (χ4v) is 1.54. The van der Waals surface area contributed by atoms with E-state index >= 15 is 0 Å². The van der Waals surface area contributed by atoms with Crippen molar-refractivity contribution >= 4 is 18.1 Å². The lowest BCUT2D eigenvalue weighted by atomic mass is 10.1. The lowest BCUT2D eigenvalue weighted by Gasteiger charge is -2.22. The maximum absolute atomic E-state index is 13.9. The number of rotatable bonds is 4. The number of hydroxylamine groups is 1. The van der Waals surface area contributed by atoms with E-state index in [4.69, 9.17) is 26.0 Å². The first kappa shape index (κ1) is 16.7. The predicted octanol–water partition coefficient (Wildman–Crippen LogP) is -1.86. The monoisotopic (exact) mass is 305 g/mol. The number of carbonyl (C=O) groups is 1. The number of halogens is 1. The second-order valence-corrected chi connectivity index (χ2v) is 3.81. The molecule has 0 unspecified atom stereocenters. The number of aliphatic imine (C=N–C) groups is 1. The van der Waals surface area contributed by atoms with Crippen molar-refractivity contribution in [3.63, 3.8) is 0 Å². The lowest BCUT2D eigenvalue weighted by Crippen LogP contribution is -2.43. The summed E-state index contributed by atoms with van der Waals surface area (Å²) in [6.07, 6.45) is -5.63. The van der Waals surface area contributed by atoms with Crippen LogP contribution in [0.2, 0.25) is 0 Å². The minimum absolute atomic E-state index is 0.363. The van der Waals surface area contributed by atoms with Crippen molar-refractivity contribution in [1.29, 1.82) is 5.41 Å². The molecule has 0 bridgehead atoms. The summed E-state index contributed by atoms with van der Waals surface area (Å²) < 4.78 is 18.7. The number of amides is 1. The van der Waals surface area contributed by atoms with Crippen LogP contribution in [0.1, 0.15) is 0 Å². The van der Waals surface area contributed by atoms with Gasteiger partial charge in [-0.3, -0.25) is 15.3 Å². The third kappa shape index (κ3) is 3.42. The number of ether oxygens (including phenoxy) is 1. The summed E-state index contributed by atoms with van der Waals surface area (Å²) in [5.41, 5.74) is 7.51. The van der Waals surface area contributed by atoms with Crippen molar-refractivity contribution in [2.45, 2.75) is 24.2 Å². The topological polar surface area (TPSA) is 196 Å². The lowest BCUT2D eigenvalue weighted by molar-refractivity contribution is -0.113. The molecule has 1 heterocycles. The maximum Gasteiger partial charge on any atom is 0.268 e. The Bertz CT molecular complexity index is 495. The van der Waals surface area contributed by atoms with Gasteiger partial charge in [-0.2, -0.15) is 0 Å². The van der Waals surface area contributed by atoms with Gasteiger partial charge in [-0.25, -0.2) is 14.9 Å². The van der Waals surface area contributed by atoms with E-state index in [1.807, 2.05) is 5.32 Å². The van der Waals surface area contributed by atoms with E-state index < -0.39 is 42.7 Å². The molecule has 12 nitrogen and oxygen atoms in total. The zero-order chi connectivity index (χ0) is 16.0. The predicted molar refractivity (Wildman–Crippen MR) is 64.0 cm³/mol. The van der Waals surface area contributed by atoms with Crippen LogP contribution in [0.25, 0.3) is 10.4 Å². The summed E-state index contributed by atoms with van der Waals surface area (Å²) >= 11 is 0. The van der Waals surface area contributed by atoms with Crippen LogP contribution in [0.5, 0.6) is 0 Å². The minimum atomic E-state index is -2.27. The third-order valence-corrected chi connectivity index (χ3v) is 2.54. The van der Waals surface area contributed by atoms with Crippen LogP contribution in [0, 0.1) is 5.41 Å². The highest BCUT2D eigenvalue weighted by Gasteiger charge is 2.55. The molecule has 0 aliphatic carbocycles. The molecule has 1 rings (SSSR count). The van der Waals surface area contributed by atoms with Gasteiger partial charge in [0.05, 0.1) is 12.8 Å². The zero-order valence-electron chi connectivity index (χ0n) is 10.3. The van der Waals surface area contributed by atoms with Crippen LogP contribution >= 0.6 is 0 Å². The quantitative estimate of drug-likeness (QED) is 0.0878. The highest BCUT2D eigenvalue weighted by Crippen LogP contribution is 2.35. The summed E-state index contributed by atoms with van der Waals surface area (Å²) in [7, 11) is 0. The molecule has 116 valence electrons. The normalized spacial score (nSPS) is 32.2. The van der Waals surface area contributed by atoms with Gasteiger partial charge in [-0.1, -0.05) is 5.11 Å². The first-order chi connectivity index (χ1) is 9.93. The molecule has 1 amide bonds. The summed E-state index contributed by atoms with van der Waals surface area (Å²) in [5.74, 6) is -1.65. The second-order valence-electron chi connectivity index (χ2n) is 3.81. The van der Waals surface area contributed by atoms with Gasteiger partial charge >= 0.3 is 0 Å². The highest BCUT2D eigenvalue weighted by atomic mass is 19.1. The minimum Gasteiger partial charge on any atom is -0.393 e. The molecule has 0 aromatic rings. The molecule has 4 atom stereocenters. The number of aliphatic hydroxyl groups excluding tert-OH is 2. The van der Waals surface area contributed by atoms with E-state index in [1.165, 1.54) is 5.48 Å². The zero-order valence-corrected chi connectivity index (χ0v) is 10.3. The summed E-state index contributed by atoms with van der Waals surface area (Å²) in [6, 6.07) is 0. The van der Waals surface area contributed by atoms with Crippen LogP contribution < -0.4 is 10.8 Å². The Labute approximate surface area is 116 Å². The van der Waals surface area contributed by atoms with Crippen molar-refractivity contribution in [2.75, 3.05) is 6.61 Å². The number of alkyl halides is 1. The number of nitrogens with zero attached hydrogens (tertiary/aromatic N) is 4. The summed E-state index contributed by atoms with van der Waals surface area (Å²) in [5, 5.41) is 39.0. The van der Waals surface area contributed by atoms with Gasteiger partial charge in [-0.15, -0.1) is 0 Å². The van der Waals surface area contributed by atoms with Crippen molar-refractivity contribution in [3.8, 4) is 0 Å². The number of hydrogen-bond acceptors (Lipinski definition) is 8. The second kappa shape index (κ2) is 6.92. The van der Waals surface area contributed by atoms with Gasteiger partial charge in [0.2, 0.25) is 11.7 Å². The molecule has 6 N–H and O–H groups in total. The molecule has 0 spiro atoms. The Hall–Kier alpha value is -2.31. The van der Waals surface area contributed by atoms with Crippen molar-refractivity contribution in [3.05, 3.63) is 10.4 Å². The molecule has 0 saturated carbocycles. The third-order valence-electron chi connectivity index (χ3n) is 2.54. The molecule has 1 saturated heterocycles. The number of azide groups is 1. The Balaban J connectivity index is 3.01. The van der Waals surface area contributed by atoms with Gasteiger partial charge in [0.15, 0.2) is 12.4 Å². The summed E-state index contributed by atoms with van der Waals surface area (Å²) in [6.45, 7) is -1.01. The molecule has 0 aromatic heterocycles. The van der Waals surface area contributed by atoms with Crippen LogP contribution in [0.3, 0.4) is 0 Å². The number of carbonyl (C=O) groups excluding carboxylic acids is 1. The first-order valence-corrected chi connectivity index (χ1v) is 5.40. The van der Waals surface area contributed by atoms with Gasteiger partial charge in [0.1, 0.15) is 6.10 Å². The van der Waals surface area contributed by atoms with E-state index in [2.05, 4.69) is 15.0 Å². The SMILES string of the molecule is [N-]=[N+]=N[C@]1(CO)O[C@@H](N=C(NO)NC(=O)C=N)[C@H](F)[C@@H]1O. The van der Waals surface area contributed by atoms with E-state index in [9.17, 15) is 14.3 Å². The van der Waals surface area contributed by atoms with Crippen LogP contribution in [0.4, 0.5) is 4.39 Å². The molecule has 1 fully saturated rings. The number of hydrogen-bond donors (Lipinski definition) is 6. The fraction of sp³-hybridized carbons (Fsp3) is 0.625. The van der Waals surface area contributed by atoms with Gasteiger partial charge in [0, 0.05) is 4.91 Å². The van der Waals surface area contributed by atoms with E-state index in [0.29, 0.717) is 6.21 Å². The Kier molecular flexibility index (Phi) is 5.52. The maximum atomic E-state index is 13.9. The van der Waals surface area contributed by atoms with Crippen LogP contribution in [0.15, 0.2) is 10.1 Å². The van der Waals surface area contributed by atoms with Crippen LogP contribution in [-0.2, 0) is 9.53 Å². The molecule has 13 heteroatoms. The molecule has 21 heavy (non-hydrogen) atoms. The number of aliphatic hydroxyl groups is 2. The van der Waals surface area contributed by atoms with Crippen molar-refractivity contribution < 1.29 is 29.3 Å². The van der Waals surface area contributed by atoms with Crippen LogP contribution in [-0.4, -0.2) is 64.3 Å². The van der Waals surface area contributed by atoms with Gasteiger partial charge in [0.25, 0.3) is 5.91 Å². The smallest absolute Gasteiger partial charge is 0.268 e. The van der Waals surface area contributed by atoms with Crippen molar-refractivity contribution in [1.82, 2.24) is 10.8 Å². The largest absolute Gasteiger partial charge is 0.393 e. The highest BCUT2D eigenvalue weighted by molar-refractivity contribution is 6.28. The fourth-order valence-electron chi connectivity index (χ4n) is 1.54. The number of nitrogens with one attached hydrogen (secondary N) is 3. The Morgan fingerprint density at radius 3 is 2.81 bits per heavy atom. The standard InChI is InChI=1S/C8H12FN7O5/c9-4-5(19)8(2-17,15-16-11)21-6(4)13-7(14-20)12-3(18)1-10/h1,4-6,10,17,19-20H,2H2,(H2,12,13,14,18)/t4-,5+,6-,8-/m1/s1. The average Bonchev–Trinajstić information content (AvgIpc) is 2.72. The Morgan fingerprint density at radius 2 is 2.33 bits per heavy atom. The average molecular weight is 305 g/mol. The van der Waals surface area contributed by atoms with E-state index in [0.717, 1.165) is 0 Å². The molecular weight excluding hydrogens is 293 g/mol. The first-order valence-electron chi connectivity index (χ1n) is 5.40. The Morgan fingerprint density at radius 1 is 1.67 bits per heavy atom. The molecule has 1 aliphatic heterocycles. The molecule has 1 aliphatic rings. The van der Waals surface area contributed by atoms with E-state index in [1.54, 1.807) is 0 Å². The summed E-state index contributed by atoms with van der Waals surface area (Å²) in [4.78, 5) is 16.7. The molecule has 0 radical (unpaired) electrons. The number of guanidine groups is 1. The van der Waals surface area contributed by atoms with Gasteiger partial charge in [-0.05, 0) is 5.53 Å². The van der Waals surface area contributed by atoms with Gasteiger partial charge < -0.3 is 20.4 Å². The van der Waals surface area contributed by atoms with Crippen molar-refractivity contribution in [2.24, 2.45) is 10.1 Å². The molecular formula is C8H12FN7O5. The molecule has 0 aromatic carbocycles.